The summed E-state index contributed by atoms with van der Waals surface area (Å²) in [6.45, 7) is 4.78. The Morgan fingerprint density at radius 3 is 1.10 bits per heavy atom. The fourth-order valence-electron chi connectivity index (χ4n) is 9.04. The molecule has 2 atom stereocenters. The van der Waals surface area contributed by atoms with E-state index in [1.54, 1.807) is 0 Å². The van der Waals surface area contributed by atoms with Crippen molar-refractivity contribution < 1.29 is 42.9 Å². The number of aliphatic carboxylic acids is 1. The van der Waals surface area contributed by atoms with Crippen molar-refractivity contribution in [3.05, 3.63) is 72.9 Å². The van der Waals surface area contributed by atoms with Crippen LogP contribution in [0.5, 0.6) is 0 Å². The summed E-state index contributed by atoms with van der Waals surface area (Å²) in [6, 6.07) is 0. The van der Waals surface area contributed by atoms with Crippen molar-refractivity contribution in [1.82, 2.24) is 0 Å². The van der Waals surface area contributed by atoms with Crippen LogP contribution in [0.2, 0.25) is 0 Å². The maximum absolute atomic E-state index is 12.9. The summed E-state index contributed by atoms with van der Waals surface area (Å²) < 4.78 is 22.9. The minimum absolute atomic E-state index is 0.184. The van der Waals surface area contributed by atoms with Crippen molar-refractivity contribution in [2.24, 2.45) is 0 Å². The van der Waals surface area contributed by atoms with Gasteiger partial charge in [0.15, 0.2) is 6.10 Å². The smallest absolute Gasteiger partial charge is 0.361 e. The molecule has 1 N–H and O–H groups in total. The minimum atomic E-state index is -1.51. The molecule has 0 rings (SSSR count). The summed E-state index contributed by atoms with van der Waals surface area (Å²) in [5.74, 6) is -2.00. The van der Waals surface area contributed by atoms with E-state index in [4.69, 9.17) is 18.9 Å². The van der Waals surface area contributed by atoms with Crippen LogP contribution in [0, 0.1) is 0 Å². The number of carbonyl (C=O) groups is 3. The average molecular weight is 1080 g/mol. The van der Waals surface area contributed by atoms with Gasteiger partial charge >= 0.3 is 17.9 Å². The van der Waals surface area contributed by atoms with E-state index in [2.05, 4.69) is 86.8 Å². The van der Waals surface area contributed by atoms with Crippen molar-refractivity contribution >= 4 is 17.9 Å². The first-order valence-electron chi connectivity index (χ1n) is 32.1. The third-order valence-electron chi connectivity index (χ3n) is 13.9. The highest BCUT2D eigenvalue weighted by molar-refractivity contribution is 5.71. The van der Waals surface area contributed by atoms with E-state index in [0.717, 1.165) is 70.6 Å². The molecule has 0 aromatic carbocycles. The molecule has 0 heterocycles. The first-order valence-corrected chi connectivity index (χ1v) is 32.1. The Morgan fingerprint density at radius 2 is 0.740 bits per heavy atom. The van der Waals surface area contributed by atoms with Gasteiger partial charge in [-0.1, -0.05) is 260 Å². The first kappa shape index (κ1) is 73.7. The van der Waals surface area contributed by atoms with E-state index in [1.807, 2.05) is 21.1 Å². The predicted molar refractivity (Wildman–Crippen MR) is 327 cm³/mol. The third kappa shape index (κ3) is 60.2. The molecule has 0 bridgehead atoms. The van der Waals surface area contributed by atoms with Crippen LogP contribution >= 0.6 is 0 Å². The maximum Gasteiger partial charge on any atom is 0.361 e. The topological polar surface area (TPSA) is 108 Å². The quantitative estimate of drug-likeness (QED) is 0.0211. The lowest BCUT2D eigenvalue weighted by Gasteiger charge is -2.25. The Hall–Kier alpha value is -3.27. The molecule has 2 unspecified atom stereocenters. The Morgan fingerprint density at radius 1 is 0.403 bits per heavy atom. The number of ether oxygens (including phenoxy) is 4. The summed E-state index contributed by atoms with van der Waals surface area (Å²) >= 11 is 0. The zero-order chi connectivity index (χ0) is 56.2. The van der Waals surface area contributed by atoms with Crippen LogP contribution in [-0.2, 0) is 33.3 Å². The molecule has 77 heavy (non-hydrogen) atoms. The second kappa shape index (κ2) is 58.9. The molecular weight excluding hydrogens is 959 g/mol. The van der Waals surface area contributed by atoms with Gasteiger partial charge in [-0.15, -0.1) is 0 Å². The number of carboxylic acids is 1. The van der Waals surface area contributed by atoms with Crippen molar-refractivity contribution in [2.45, 2.75) is 296 Å². The lowest BCUT2D eigenvalue weighted by molar-refractivity contribution is -0.870. The van der Waals surface area contributed by atoms with Crippen LogP contribution in [-0.4, -0.2) is 87.4 Å². The minimum Gasteiger partial charge on any atom is -0.477 e. The number of allylic oxidation sites excluding steroid dienone is 12. The molecule has 9 heteroatoms. The van der Waals surface area contributed by atoms with E-state index in [-0.39, 0.29) is 32.2 Å². The molecule has 0 spiro atoms. The van der Waals surface area contributed by atoms with Gasteiger partial charge in [-0.3, -0.25) is 9.59 Å². The number of hydrogen-bond donors (Lipinski definition) is 1. The second-order valence-electron chi connectivity index (χ2n) is 22.7. The fourth-order valence-corrected chi connectivity index (χ4v) is 9.04. The van der Waals surface area contributed by atoms with Gasteiger partial charge in [0.25, 0.3) is 6.29 Å². The van der Waals surface area contributed by atoms with Gasteiger partial charge in [0.1, 0.15) is 13.2 Å². The molecule has 0 aliphatic heterocycles. The number of esters is 2. The maximum atomic E-state index is 12.9. The number of carbonyl (C=O) groups excluding carboxylic acids is 2. The van der Waals surface area contributed by atoms with E-state index < -0.39 is 24.3 Å². The summed E-state index contributed by atoms with van der Waals surface area (Å²) in [4.78, 5) is 37.5. The molecule has 0 fully saturated rings. The molecule has 0 saturated carbocycles. The number of rotatable bonds is 59. The highest BCUT2D eigenvalue weighted by atomic mass is 16.7. The summed E-state index contributed by atoms with van der Waals surface area (Å²) in [6.07, 6.45) is 74.2. The van der Waals surface area contributed by atoms with Crippen LogP contribution in [0.1, 0.15) is 284 Å². The highest BCUT2D eigenvalue weighted by Gasteiger charge is 2.25. The van der Waals surface area contributed by atoms with Gasteiger partial charge < -0.3 is 28.5 Å². The van der Waals surface area contributed by atoms with Gasteiger partial charge in [0, 0.05) is 12.8 Å². The summed E-state index contributed by atoms with van der Waals surface area (Å²) in [5, 5.41) is 9.72. The Labute approximate surface area is 475 Å². The van der Waals surface area contributed by atoms with E-state index in [9.17, 15) is 19.5 Å². The first-order chi connectivity index (χ1) is 37.6. The van der Waals surface area contributed by atoms with Crippen LogP contribution in [0.15, 0.2) is 72.9 Å². The van der Waals surface area contributed by atoms with Crippen LogP contribution in [0.25, 0.3) is 0 Å². The second-order valence-corrected chi connectivity index (χ2v) is 22.7. The zero-order valence-electron chi connectivity index (χ0n) is 50.9. The lowest BCUT2D eigenvalue weighted by Crippen LogP contribution is -2.40. The van der Waals surface area contributed by atoms with E-state index in [0.29, 0.717) is 17.4 Å². The van der Waals surface area contributed by atoms with Crippen molar-refractivity contribution in [1.29, 1.82) is 0 Å². The number of likely N-dealkylation sites (N-methyl/N-ethyl adjacent to an activating group) is 1. The largest absolute Gasteiger partial charge is 0.477 e. The van der Waals surface area contributed by atoms with Crippen molar-refractivity contribution in [3.8, 4) is 0 Å². The lowest BCUT2D eigenvalue weighted by atomic mass is 10.0. The summed E-state index contributed by atoms with van der Waals surface area (Å²) in [5.41, 5.74) is 0. The molecule has 446 valence electrons. The van der Waals surface area contributed by atoms with Crippen LogP contribution in [0.4, 0.5) is 0 Å². The number of quaternary nitrogens is 1. The standard InChI is InChI=1S/C68H121NO8/c1-6-8-10-12-14-16-18-20-22-24-26-28-29-30-31-32-33-34-35-36-37-39-41-43-45-47-49-51-53-55-57-59-66(71)77-64(63-76-68(67(72)73)74-61-60-69(3,4)5)62-75-65(70)58-56-54-52-50-48-46-44-42-40-38-27-25-23-21-19-17-15-13-11-9-7-2/h8,10,14,16,19-22,25-28,64,68H,6-7,9,11-13,15,17-18,23-24,29-63H2,1-5H3/p+1/b10-8-,16-14-,21-19-,22-20-,27-25-,28-26-. The monoisotopic (exact) mass is 1080 g/mol. The van der Waals surface area contributed by atoms with Crippen molar-refractivity contribution in [3.63, 3.8) is 0 Å². The van der Waals surface area contributed by atoms with Gasteiger partial charge in [-0.2, -0.15) is 0 Å². The highest BCUT2D eigenvalue weighted by Crippen LogP contribution is 2.17. The van der Waals surface area contributed by atoms with Crippen LogP contribution in [0.3, 0.4) is 0 Å². The zero-order valence-corrected chi connectivity index (χ0v) is 50.9. The number of hydrogen-bond acceptors (Lipinski definition) is 7. The molecule has 9 nitrogen and oxygen atoms in total. The SMILES string of the molecule is CC/C=C\C/C=C\C/C=C\C/C=C\CCCCCCCCCCCCCCCCCCCCC(=O)OC(COC(=O)CCCCCCCCCCC/C=C\C/C=C\CCCCCCC)COC(OCC[N+](C)(C)C)C(=O)O. The van der Waals surface area contributed by atoms with E-state index in [1.165, 1.54) is 186 Å². The number of unbranched alkanes of at least 4 members (excludes halogenated alkanes) is 32. The molecule has 0 aromatic rings. The average Bonchev–Trinajstić information content (AvgIpc) is 3.40. The third-order valence-corrected chi connectivity index (χ3v) is 13.9. The Bertz CT molecular complexity index is 1490. The molecule has 0 aliphatic carbocycles. The summed E-state index contributed by atoms with van der Waals surface area (Å²) in [7, 11) is 5.98. The molecule has 0 saturated heterocycles. The fraction of sp³-hybridized carbons (Fsp3) is 0.779. The normalized spacial score (nSPS) is 13.2. The van der Waals surface area contributed by atoms with Gasteiger partial charge in [0.05, 0.1) is 34.4 Å². The van der Waals surface area contributed by atoms with Crippen LogP contribution < -0.4 is 0 Å². The van der Waals surface area contributed by atoms with Crippen molar-refractivity contribution in [2.75, 3.05) is 47.5 Å². The number of carboxylic acid groups (broad SMARTS) is 1. The number of nitrogens with zero attached hydrogens (tertiary/aromatic N) is 1. The van der Waals surface area contributed by atoms with Gasteiger partial charge in [0.2, 0.25) is 0 Å². The van der Waals surface area contributed by atoms with Gasteiger partial charge in [-0.05, 0) is 83.5 Å². The van der Waals surface area contributed by atoms with Gasteiger partial charge in [-0.25, -0.2) is 4.79 Å². The van der Waals surface area contributed by atoms with E-state index >= 15 is 0 Å². The molecule has 0 aromatic heterocycles. The molecule has 0 aliphatic rings. The molecular formula is C68H122NO8+. The molecule has 0 radical (unpaired) electrons. The Balaban J connectivity index is 4.14. The molecule has 0 amide bonds. The predicted octanol–water partition coefficient (Wildman–Crippen LogP) is 19.4. The Kier molecular flexibility index (Phi) is 56.4.